The molecule has 1 unspecified atom stereocenters. The molecular weight excluding hydrogens is 577 g/mol. The summed E-state index contributed by atoms with van der Waals surface area (Å²) in [6, 6.07) is 4.99. The second-order valence-corrected chi connectivity index (χ2v) is 12.5. The molecule has 2 aromatic rings. The van der Waals surface area contributed by atoms with Crippen molar-refractivity contribution in [3.05, 3.63) is 24.2 Å². The lowest BCUT2D eigenvalue weighted by Gasteiger charge is -2.24. The number of hydrogen-bond acceptors (Lipinski definition) is 15. The van der Waals surface area contributed by atoms with Gasteiger partial charge in [-0.25, -0.2) is 9.50 Å². The number of carbonyl (C=O) groups excluding carboxylic acids is 2. The Morgan fingerprint density at radius 2 is 1.64 bits per heavy atom. The van der Waals surface area contributed by atoms with Crippen LogP contribution in [-0.4, -0.2) is 82.0 Å². The lowest BCUT2D eigenvalue weighted by molar-refractivity contribution is -0.163. The maximum Gasteiger partial charge on any atom is 0.340 e. The molecule has 0 spiro atoms. The van der Waals surface area contributed by atoms with Gasteiger partial charge in [0.05, 0.1) is 23.1 Å². The van der Waals surface area contributed by atoms with E-state index in [9.17, 15) is 25.1 Å². The van der Waals surface area contributed by atoms with Crippen molar-refractivity contribution in [1.29, 1.82) is 5.26 Å². The molecule has 3 heterocycles. The molecule has 1 aliphatic heterocycles. The molecule has 17 heteroatoms. The largest absolute Gasteiger partial charge is 0.438 e. The molecule has 1 aliphatic rings. The van der Waals surface area contributed by atoms with Crippen LogP contribution in [0.1, 0.15) is 47.2 Å². The molecule has 4 N–H and O–H groups in total. The quantitative estimate of drug-likeness (QED) is 0.134. The molecule has 0 radical (unpaired) electrons. The summed E-state index contributed by atoms with van der Waals surface area (Å²) in [5.41, 5.74) is 2.86. The van der Waals surface area contributed by atoms with Gasteiger partial charge in [0.15, 0.2) is 12.6 Å². The van der Waals surface area contributed by atoms with Crippen LogP contribution in [0.2, 0.25) is 0 Å². The first kappa shape index (κ1) is 33.5. The molecule has 2 aromatic heterocycles. The number of nitriles is 1. The number of nitrogens with zero attached hydrogens (tertiary/aromatic N) is 4. The van der Waals surface area contributed by atoms with Gasteiger partial charge in [-0.15, -0.1) is 0 Å². The van der Waals surface area contributed by atoms with Gasteiger partial charge in [-0.3, -0.25) is 23.2 Å². The van der Waals surface area contributed by atoms with Crippen molar-refractivity contribution in [3.63, 3.8) is 0 Å². The van der Waals surface area contributed by atoms with Crippen LogP contribution in [0.3, 0.4) is 0 Å². The van der Waals surface area contributed by atoms with E-state index < -0.39 is 75.7 Å². The van der Waals surface area contributed by atoms with Crippen molar-refractivity contribution in [3.8, 4) is 6.07 Å². The predicted octanol–water partition coefficient (Wildman–Crippen LogP) is 1.50. The van der Waals surface area contributed by atoms with Gasteiger partial charge in [0.25, 0.3) is 0 Å². The fraction of sp³-hybridized carbons (Fsp3) is 0.640. The molecule has 1 fully saturated rings. The number of hydrogen-bond donors (Lipinski definition) is 3. The van der Waals surface area contributed by atoms with Crippen molar-refractivity contribution in [1.82, 2.24) is 14.6 Å². The Balaban J connectivity index is 1.59. The highest BCUT2D eigenvalue weighted by molar-refractivity contribution is 7.41. The number of ether oxygens (including phenoxy) is 4. The van der Waals surface area contributed by atoms with Crippen LogP contribution in [0.15, 0.2) is 18.5 Å². The fourth-order valence-corrected chi connectivity index (χ4v) is 4.25. The molecule has 0 aromatic carbocycles. The van der Waals surface area contributed by atoms with Gasteiger partial charge >= 0.3 is 20.5 Å². The van der Waals surface area contributed by atoms with E-state index in [2.05, 4.69) is 10.1 Å². The van der Waals surface area contributed by atoms with Crippen molar-refractivity contribution in [2.24, 2.45) is 10.8 Å². The molecule has 4 atom stereocenters. The zero-order chi connectivity index (χ0) is 31.3. The Morgan fingerprint density at radius 1 is 1.07 bits per heavy atom. The van der Waals surface area contributed by atoms with E-state index in [1.54, 1.807) is 47.6 Å². The Hall–Kier alpha value is -3.00. The van der Waals surface area contributed by atoms with Gasteiger partial charge in [0.1, 0.15) is 36.2 Å². The summed E-state index contributed by atoms with van der Waals surface area (Å²) >= 11 is 0. The van der Waals surface area contributed by atoms with E-state index in [0.717, 1.165) is 0 Å². The normalized spacial score (nSPS) is 22.8. The summed E-state index contributed by atoms with van der Waals surface area (Å²) in [6.45, 7) is 8.24. The number of anilines is 1. The minimum Gasteiger partial charge on any atom is -0.438 e. The van der Waals surface area contributed by atoms with Crippen LogP contribution in [0.4, 0.5) is 5.82 Å². The zero-order valence-electron chi connectivity index (χ0n) is 24.2. The zero-order valence-corrected chi connectivity index (χ0v) is 25.1. The van der Waals surface area contributed by atoms with E-state index in [0.29, 0.717) is 5.52 Å². The minimum absolute atomic E-state index is 0.138. The number of aliphatic hydroxyl groups excluding tert-OH is 2. The minimum atomic E-state index is -2.23. The van der Waals surface area contributed by atoms with Crippen molar-refractivity contribution in [2.75, 3.05) is 32.7 Å². The van der Waals surface area contributed by atoms with Gasteiger partial charge in [-0.2, -0.15) is 10.4 Å². The lowest BCUT2D eigenvalue weighted by Crippen LogP contribution is -2.41. The van der Waals surface area contributed by atoms with Gasteiger partial charge in [-0.1, -0.05) is 0 Å². The Morgan fingerprint density at radius 3 is 2.19 bits per heavy atom. The maximum absolute atomic E-state index is 12.0. The summed E-state index contributed by atoms with van der Waals surface area (Å²) in [6.07, 6.45) is -3.15. The summed E-state index contributed by atoms with van der Waals surface area (Å²) in [4.78, 5) is 27.9. The molecule has 0 aliphatic carbocycles. The third-order valence-corrected chi connectivity index (χ3v) is 6.88. The number of aliphatic hydroxyl groups is 2. The van der Waals surface area contributed by atoms with Crippen LogP contribution >= 0.6 is 8.60 Å². The molecule has 3 rings (SSSR count). The SMILES string of the molecule is CC(C)(C)C(=O)OCOP(OCOCC1O[C@@](C#N)(c2ccc3c(N)ncnn23)[C@H](O)[C@@H]1O)OCOC(=O)C(C)(C)C. The molecular formula is C25H36N5O11P. The van der Waals surface area contributed by atoms with Crippen LogP contribution in [0, 0.1) is 22.2 Å². The fourth-order valence-electron chi connectivity index (χ4n) is 3.59. The van der Waals surface area contributed by atoms with Crippen LogP contribution < -0.4 is 5.73 Å². The van der Waals surface area contributed by atoms with Crippen LogP contribution in [-0.2, 0) is 47.7 Å². The molecule has 232 valence electrons. The average Bonchev–Trinajstić information content (AvgIpc) is 3.46. The first-order valence-corrected chi connectivity index (χ1v) is 13.9. The number of nitrogens with two attached hydrogens (primary N) is 1. The number of aromatic nitrogens is 3. The first-order valence-electron chi connectivity index (χ1n) is 12.8. The Labute approximate surface area is 243 Å². The third kappa shape index (κ3) is 7.68. The number of rotatable bonds is 12. The maximum atomic E-state index is 12.0. The summed E-state index contributed by atoms with van der Waals surface area (Å²) in [5.74, 6) is -0.897. The van der Waals surface area contributed by atoms with E-state index in [1.165, 1.54) is 16.9 Å². The highest BCUT2D eigenvalue weighted by Crippen LogP contribution is 2.42. The number of esters is 2. The molecule has 16 nitrogen and oxygen atoms in total. The topological polar surface area (TPSA) is 219 Å². The lowest BCUT2D eigenvalue weighted by atomic mass is 9.92. The summed E-state index contributed by atoms with van der Waals surface area (Å²) < 4.78 is 38.8. The average molecular weight is 614 g/mol. The van der Waals surface area contributed by atoms with Gasteiger partial charge < -0.3 is 34.9 Å². The third-order valence-electron chi connectivity index (χ3n) is 5.93. The predicted molar refractivity (Wildman–Crippen MR) is 143 cm³/mol. The van der Waals surface area contributed by atoms with Gasteiger partial charge in [-0.05, 0) is 53.7 Å². The van der Waals surface area contributed by atoms with Gasteiger partial charge in [0.2, 0.25) is 19.2 Å². The second-order valence-electron chi connectivity index (χ2n) is 11.3. The van der Waals surface area contributed by atoms with E-state index in [-0.39, 0.29) is 18.1 Å². The van der Waals surface area contributed by atoms with Crippen molar-refractivity contribution in [2.45, 2.75) is 65.5 Å². The Kier molecular flexibility index (Phi) is 10.8. The van der Waals surface area contributed by atoms with Crippen LogP contribution in [0.5, 0.6) is 0 Å². The first-order chi connectivity index (χ1) is 19.6. The molecule has 0 bridgehead atoms. The standard InChI is InChI=1S/C25H36N5O11P/c1-23(2,3)21(33)36-13-39-42(40-14-37-22(34)24(4,5)6)38-12-35-9-16-18(31)19(32)25(10-26,41-16)17-8-7-15-20(27)28-11-29-30(15)17/h7-8,11,16,18-19,31-32H,9,12-14H2,1-6H3,(H2,27,28,29)/t16?,18-,19-,25+/m1/s1. The van der Waals surface area contributed by atoms with E-state index in [1.807, 2.05) is 6.07 Å². The molecule has 1 saturated heterocycles. The molecule has 0 saturated carbocycles. The second kappa shape index (κ2) is 13.5. The van der Waals surface area contributed by atoms with E-state index >= 15 is 0 Å². The van der Waals surface area contributed by atoms with Crippen LogP contribution in [0.25, 0.3) is 5.52 Å². The summed E-state index contributed by atoms with van der Waals surface area (Å²) in [7, 11) is -2.23. The van der Waals surface area contributed by atoms with Gasteiger partial charge in [0, 0.05) is 0 Å². The van der Waals surface area contributed by atoms with Crippen molar-refractivity contribution >= 4 is 31.9 Å². The molecule has 42 heavy (non-hydrogen) atoms. The number of fused-ring (bicyclic) bond motifs is 1. The van der Waals surface area contributed by atoms with E-state index in [4.69, 9.17) is 38.3 Å². The highest BCUT2D eigenvalue weighted by atomic mass is 31.2. The highest BCUT2D eigenvalue weighted by Gasteiger charge is 2.57. The van der Waals surface area contributed by atoms with Crippen molar-refractivity contribution < 1.29 is 52.3 Å². The smallest absolute Gasteiger partial charge is 0.340 e. The molecule has 0 amide bonds. The monoisotopic (exact) mass is 613 g/mol. The number of carbonyl (C=O) groups is 2. The Bertz CT molecular complexity index is 1260. The number of nitrogen functional groups attached to an aromatic ring is 1. The summed E-state index contributed by atoms with van der Waals surface area (Å²) in [5, 5.41) is 35.6.